The molecule has 0 saturated carbocycles. The zero-order chi connectivity index (χ0) is 11.9. The van der Waals surface area contributed by atoms with Gasteiger partial charge in [0.2, 0.25) is 0 Å². The van der Waals surface area contributed by atoms with Gasteiger partial charge >= 0.3 is 0 Å². The van der Waals surface area contributed by atoms with Gasteiger partial charge in [0.1, 0.15) is 0 Å². The van der Waals surface area contributed by atoms with Crippen molar-refractivity contribution in [1.82, 2.24) is 0 Å². The molecule has 0 heterocycles. The Morgan fingerprint density at radius 1 is 1.00 bits per heavy atom. The van der Waals surface area contributed by atoms with Crippen LogP contribution in [0.15, 0.2) is 12.2 Å². The number of carboxylic acid groups (broad SMARTS) is 1. The van der Waals surface area contributed by atoms with Gasteiger partial charge in [-0.25, -0.2) is 0 Å². The summed E-state index contributed by atoms with van der Waals surface area (Å²) in [5.74, 6) is -0.833. The van der Waals surface area contributed by atoms with Gasteiger partial charge in [0, 0.05) is 6.92 Å². The fourth-order valence-electron chi connectivity index (χ4n) is 1.09. The maximum Gasteiger partial charge on any atom is 0.300 e. The molecule has 0 fully saturated rings. The number of allylic oxidation sites excluding steroid dienone is 2. The fraction of sp³-hybridized carbons (Fsp3) is 0.769. The van der Waals surface area contributed by atoms with Crippen LogP contribution in [0.1, 0.15) is 65.7 Å². The molecule has 0 bridgehead atoms. The van der Waals surface area contributed by atoms with Gasteiger partial charge in [-0.3, -0.25) is 4.79 Å². The molecule has 90 valence electrons. The number of aliphatic carboxylic acids is 1. The molecule has 2 heteroatoms. The molecule has 15 heavy (non-hydrogen) atoms. The van der Waals surface area contributed by atoms with Crippen molar-refractivity contribution in [3.05, 3.63) is 12.2 Å². The third kappa shape index (κ3) is 31.9. The number of unbranched alkanes of at least 4 members (excludes halogenated alkanes) is 5. The molecule has 0 spiro atoms. The highest BCUT2D eigenvalue weighted by atomic mass is 16.4. The Morgan fingerprint density at radius 3 is 2.00 bits per heavy atom. The van der Waals surface area contributed by atoms with Crippen molar-refractivity contribution in [3.63, 3.8) is 0 Å². The summed E-state index contributed by atoms with van der Waals surface area (Å²) in [6.45, 7) is 5.56. The molecule has 0 aliphatic carbocycles. The van der Waals surface area contributed by atoms with Crippen molar-refractivity contribution in [2.45, 2.75) is 65.7 Å². The van der Waals surface area contributed by atoms with Crippen LogP contribution in [0.3, 0.4) is 0 Å². The molecule has 0 amide bonds. The first kappa shape index (κ1) is 16.6. The number of rotatable bonds is 7. The monoisotopic (exact) mass is 214 g/mol. The van der Waals surface area contributed by atoms with E-state index in [2.05, 4.69) is 26.0 Å². The molecule has 0 aromatic carbocycles. The van der Waals surface area contributed by atoms with Crippen LogP contribution in [0, 0.1) is 0 Å². The average molecular weight is 214 g/mol. The van der Waals surface area contributed by atoms with Crippen LogP contribution in [0.4, 0.5) is 0 Å². The molecule has 0 aliphatic rings. The van der Waals surface area contributed by atoms with E-state index in [-0.39, 0.29) is 0 Å². The average Bonchev–Trinajstić information content (AvgIpc) is 2.16. The first-order valence-electron chi connectivity index (χ1n) is 5.99. The van der Waals surface area contributed by atoms with Crippen LogP contribution in [-0.4, -0.2) is 11.1 Å². The van der Waals surface area contributed by atoms with E-state index >= 15 is 0 Å². The van der Waals surface area contributed by atoms with E-state index in [1.54, 1.807) is 0 Å². The van der Waals surface area contributed by atoms with E-state index in [0.29, 0.717) is 0 Å². The third-order valence-electron chi connectivity index (χ3n) is 1.85. The van der Waals surface area contributed by atoms with Gasteiger partial charge in [-0.2, -0.15) is 0 Å². The smallest absolute Gasteiger partial charge is 0.300 e. The summed E-state index contributed by atoms with van der Waals surface area (Å²) in [7, 11) is 0. The van der Waals surface area contributed by atoms with E-state index < -0.39 is 5.97 Å². The van der Waals surface area contributed by atoms with Crippen molar-refractivity contribution in [3.8, 4) is 0 Å². The summed E-state index contributed by atoms with van der Waals surface area (Å²) in [5, 5.41) is 7.42. The van der Waals surface area contributed by atoms with Gasteiger partial charge in [0.25, 0.3) is 5.97 Å². The van der Waals surface area contributed by atoms with Crippen molar-refractivity contribution < 1.29 is 9.90 Å². The van der Waals surface area contributed by atoms with E-state index in [0.717, 1.165) is 6.92 Å². The van der Waals surface area contributed by atoms with Crippen LogP contribution in [0.2, 0.25) is 0 Å². The Balaban J connectivity index is 0. The standard InChI is InChI=1S/C11H22.C2H4O2/c1-3-5-7-9-11-10-8-6-4-2;1-2(3)4/h7,9H,3-6,8,10-11H2,1-2H3;1H3,(H,3,4). The van der Waals surface area contributed by atoms with Crippen molar-refractivity contribution in [2.75, 3.05) is 0 Å². The lowest BCUT2D eigenvalue weighted by molar-refractivity contribution is -0.134. The molecular formula is C13H26O2. The van der Waals surface area contributed by atoms with Crippen molar-refractivity contribution in [1.29, 1.82) is 0 Å². The van der Waals surface area contributed by atoms with Gasteiger partial charge in [-0.1, -0.05) is 51.7 Å². The summed E-state index contributed by atoms with van der Waals surface area (Å²) in [5.41, 5.74) is 0. The Morgan fingerprint density at radius 2 is 1.53 bits per heavy atom. The minimum Gasteiger partial charge on any atom is -0.481 e. The molecule has 0 aromatic rings. The molecule has 1 N–H and O–H groups in total. The molecule has 2 nitrogen and oxygen atoms in total. The predicted octanol–water partition coefficient (Wildman–Crippen LogP) is 4.40. The first-order valence-corrected chi connectivity index (χ1v) is 5.99. The number of carbonyl (C=O) groups is 1. The highest BCUT2D eigenvalue weighted by Crippen LogP contribution is 2.03. The lowest BCUT2D eigenvalue weighted by Crippen LogP contribution is -1.78. The Hall–Kier alpha value is -0.790. The largest absolute Gasteiger partial charge is 0.481 e. The topological polar surface area (TPSA) is 37.3 Å². The normalized spacial score (nSPS) is 9.80. The van der Waals surface area contributed by atoms with E-state index in [1.165, 1.54) is 44.9 Å². The van der Waals surface area contributed by atoms with Crippen LogP contribution in [0.5, 0.6) is 0 Å². The van der Waals surface area contributed by atoms with Gasteiger partial charge in [0.15, 0.2) is 0 Å². The third-order valence-corrected chi connectivity index (χ3v) is 1.85. The molecule has 0 radical (unpaired) electrons. The quantitative estimate of drug-likeness (QED) is 0.503. The molecule has 0 rings (SSSR count). The first-order chi connectivity index (χ1) is 7.15. The molecule has 0 saturated heterocycles. The maximum absolute atomic E-state index is 9.00. The summed E-state index contributed by atoms with van der Waals surface area (Å²) in [4.78, 5) is 9.00. The minimum atomic E-state index is -0.833. The lowest BCUT2D eigenvalue weighted by atomic mass is 10.1. The SMILES string of the molecule is CC(=O)O.CCCC=CCCCCCC. The van der Waals surface area contributed by atoms with E-state index in [1.807, 2.05) is 0 Å². The van der Waals surface area contributed by atoms with Gasteiger partial charge in [-0.05, 0) is 19.3 Å². The molecule has 0 atom stereocenters. The highest BCUT2D eigenvalue weighted by Gasteiger charge is 1.83. The van der Waals surface area contributed by atoms with Crippen molar-refractivity contribution >= 4 is 5.97 Å². The summed E-state index contributed by atoms with van der Waals surface area (Å²) in [6.07, 6.45) is 14.0. The van der Waals surface area contributed by atoms with Crippen LogP contribution in [0.25, 0.3) is 0 Å². The maximum atomic E-state index is 9.00. The Bertz CT molecular complexity index is 147. The van der Waals surface area contributed by atoms with Crippen LogP contribution in [-0.2, 0) is 4.79 Å². The van der Waals surface area contributed by atoms with Crippen LogP contribution < -0.4 is 0 Å². The molecular weight excluding hydrogens is 188 g/mol. The molecule has 0 aromatic heterocycles. The van der Waals surface area contributed by atoms with E-state index in [4.69, 9.17) is 9.90 Å². The van der Waals surface area contributed by atoms with Crippen LogP contribution >= 0.6 is 0 Å². The second-order valence-electron chi connectivity index (χ2n) is 3.63. The van der Waals surface area contributed by atoms with Gasteiger partial charge < -0.3 is 5.11 Å². The van der Waals surface area contributed by atoms with Gasteiger partial charge in [0.05, 0.1) is 0 Å². The zero-order valence-corrected chi connectivity index (χ0v) is 10.5. The fourth-order valence-corrected chi connectivity index (χ4v) is 1.09. The second kappa shape index (κ2) is 15.7. The molecule has 0 unspecified atom stereocenters. The molecule has 0 aliphatic heterocycles. The predicted molar refractivity (Wildman–Crippen MR) is 66.1 cm³/mol. The minimum absolute atomic E-state index is 0.833. The second-order valence-corrected chi connectivity index (χ2v) is 3.63. The number of hydrogen-bond donors (Lipinski definition) is 1. The summed E-state index contributed by atoms with van der Waals surface area (Å²) < 4.78 is 0. The summed E-state index contributed by atoms with van der Waals surface area (Å²) in [6, 6.07) is 0. The Kier molecular flexibility index (Phi) is 17.4. The van der Waals surface area contributed by atoms with Gasteiger partial charge in [-0.15, -0.1) is 0 Å². The van der Waals surface area contributed by atoms with Crippen molar-refractivity contribution in [2.24, 2.45) is 0 Å². The zero-order valence-electron chi connectivity index (χ0n) is 10.5. The summed E-state index contributed by atoms with van der Waals surface area (Å²) >= 11 is 0. The number of hydrogen-bond acceptors (Lipinski definition) is 1. The Labute approximate surface area is 94.4 Å². The lowest BCUT2D eigenvalue weighted by Gasteiger charge is -1.93. The highest BCUT2D eigenvalue weighted by molar-refractivity contribution is 5.62. The van der Waals surface area contributed by atoms with E-state index in [9.17, 15) is 0 Å². The number of carboxylic acids is 1.